The van der Waals surface area contributed by atoms with Gasteiger partial charge in [-0.1, -0.05) is 60.2 Å². The molecule has 148 valence electrons. The van der Waals surface area contributed by atoms with Gasteiger partial charge in [0.1, 0.15) is 25.7 Å². The van der Waals surface area contributed by atoms with Crippen molar-refractivity contribution in [3.05, 3.63) is 71.3 Å². The summed E-state index contributed by atoms with van der Waals surface area (Å²) in [6.45, 7) is 6.30. The molecule has 0 unspecified atom stereocenters. The molecule has 0 aromatic heterocycles. The molecule has 1 heterocycles. The maximum atomic E-state index is 12.6. The summed E-state index contributed by atoms with van der Waals surface area (Å²) in [4.78, 5) is 26.3. The van der Waals surface area contributed by atoms with Crippen molar-refractivity contribution < 1.29 is 19.2 Å². The summed E-state index contributed by atoms with van der Waals surface area (Å²) < 4.78 is 5.45. The second kappa shape index (κ2) is 10.2. The topological polar surface area (TPSA) is 59.8 Å². The summed E-state index contributed by atoms with van der Waals surface area (Å²) >= 11 is 0. The molecule has 1 saturated heterocycles. The Balaban J connectivity index is 1.60. The van der Waals surface area contributed by atoms with E-state index in [1.54, 1.807) is 12.1 Å². The van der Waals surface area contributed by atoms with E-state index in [1.165, 1.54) is 10.5 Å². The fourth-order valence-corrected chi connectivity index (χ4v) is 3.47. The zero-order valence-electron chi connectivity index (χ0n) is 16.4. The third-order valence-corrected chi connectivity index (χ3v) is 5.18. The predicted octanol–water partition coefficient (Wildman–Crippen LogP) is 1.73. The average molecular weight is 381 g/mol. The lowest BCUT2D eigenvalue weighted by molar-refractivity contribution is -0.909. The number of Topliss-reactive ketones (excluding diaryl/α,β-unsaturated/α-hetero) is 1. The van der Waals surface area contributed by atoms with Gasteiger partial charge in [-0.3, -0.25) is 9.59 Å². The smallest absolute Gasteiger partial charge is 0.221 e. The van der Waals surface area contributed by atoms with Crippen LogP contribution in [0, 0.1) is 6.92 Å². The summed E-state index contributed by atoms with van der Waals surface area (Å²) in [5.74, 6) is -0.0797. The number of carbonyl (C=O) groups excluding carboxylic acids is 2. The van der Waals surface area contributed by atoms with Gasteiger partial charge < -0.3 is 15.0 Å². The molecule has 0 radical (unpaired) electrons. The maximum absolute atomic E-state index is 12.6. The van der Waals surface area contributed by atoms with Crippen molar-refractivity contribution in [1.82, 2.24) is 5.32 Å². The Hall–Kier alpha value is -2.50. The monoisotopic (exact) mass is 381 g/mol. The van der Waals surface area contributed by atoms with Crippen molar-refractivity contribution in [2.75, 3.05) is 32.8 Å². The van der Waals surface area contributed by atoms with E-state index in [0.29, 0.717) is 5.56 Å². The van der Waals surface area contributed by atoms with Gasteiger partial charge in [-0.15, -0.1) is 0 Å². The number of nitrogens with one attached hydrogen (secondary N) is 2. The number of aryl methyl sites for hydroxylation is 1. The number of carbonyl (C=O) groups is 2. The molecule has 1 aliphatic rings. The van der Waals surface area contributed by atoms with E-state index < -0.39 is 0 Å². The van der Waals surface area contributed by atoms with Crippen molar-refractivity contribution in [2.45, 2.75) is 25.8 Å². The van der Waals surface area contributed by atoms with Crippen LogP contribution in [0.2, 0.25) is 0 Å². The Morgan fingerprint density at radius 3 is 2.36 bits per heavy atom. The molecule has 1 atom stereocenters. The molecule has 3 rings (SSSR count). The first-order chi connectivity index (χ1) is 13.6. The number of hydrogen-bond acceptors (Lipinski definition) is 3. The number of hydrogen-bond donors (Lipinski definition) is 2. The van der Waals surface area contributed by atoms with Crippen molar-refractivity contribution >= 4 is 11.7 Å². The number of rotatable bonds is 8. The molecular weight excluding hydrogens is 352 g/mol. The van der Waals surface area contributed by atoms with E-state index in [0.717, 1.165) is 38.4 Å². The van der Waals surface area contributed by atoms with Gasteiger partial charge in [0.15, 0.2) is 5.78 Å². The van der Waals surface area contributed by atoms with Gasteiger partial charge in [0.2, 0.25) is 5.91 Å². The SMILES string of the molecule is Cc1ccc([C@H](C[NH+]2CCOCC2)NC(=O)CCC(=O)c2ccccc2)cc1. The molecule has 0 bridgehead atoms. The lowest BCUT2D eigenvalue weighted by Gasteiger charge is -2.28. The molecular formula is C23H29N2O3+. The van der Waals surface area contributed by atoms with Crippen LogP contribution in [-0.4, -0.2) is 44.5 Å². The van der Waals surface area contributed by atoms with Crippen LogP contribution in [0.4, 0.5) is 0 Å². The summed E-state index contributed by atoms with van der Waals surface area (Å²) in [6.07, 6.45) is 0.426. The molecule has 2 aromatic rings. The van der Waals surface area contributed by atoms with Gasteiger partial charge in [-0.2, -0.15) is 0 Å². The zero-order valence-corrected chi connectivity index (χ0v) is 16.4. The maximum Gasteiger partial charge on any atom is 0.221 e. The number of morpholine rings is 1. The summed E-state index contributed by atoms with van der Waals surface area (Å²) in [7, 11) is 0. The van der Waals surface area contributed by atoms with Crippen molar-refractivity contribution in [2.24, 2.45) is 0 Å². The van der Waals surface area contributed by atoms with Gasteiger partial charge in [0.25, 0.3) is 0 Å². The third kappa shape index (κ3) is 6.01. The van der Waals surface area contributed by atoms with E-state index in [-0.39, 0.29) is 30.6 Å². The van der Waals surface area contributed by atoms with Crippen molar-refractivity contribution in [1.29, 1.82) is 0 Å². The number of ketones is 1. The minimum Gasteiger partial charge on any atom is -0.370 e. The van der Waals surface area contributed by atoms with Crippen molar-refractivity contribution in [3.8, 4) is 0 Å². The predicted molar refractivity (Wildman–Crippen MR) is 108 cm³/mol. The molecule has 5 nitrogen and oxygen atoms in total. The van der Waals surface area contributed by atoms with Gasteiger partial charge in [-0.25, -0.2) is 0 Å². The van der Waals surface area contributed by atoms with Gasteiger partial charge in [0, 0.05) is 18.4 Å². The highest BCUT2D eigenvalue weighted by Gasteiger charge is 2.23. The molecule has 0 aliphatic carbocycles. The fourth-order valence-electron chi connectivity index (χ4n) is 3.47. The summed E-state index contributed by atoms with van der Waals surface area (Å²) in [5, 5.41) is 3.15. The second-order valence-corrected chi connectivity index (χ2v) is 7.39. The van der Waals surface area contributed by atoms with E-state index in [2.05, 4.69) is 36.5 Å². The Morgan fingerprint density at radius 1 is 1.00 bits per heavy atom. The van der Waals surface area contributed by atoms with E-state index in [9.17, 15) is 9.59 Å². The van der Waals surface area contributed by atoms with Crippen molar-refractivity contribution in [3.63, 3.8) is 0 Å². The van der Waals surface area contributed by atoms with Crippen LogP contribution in [0.5, 0.6) is 0 Å². The van der Waals surface area contributed by atoms with E-state index in [4.69, 9.17) is 4.74 Å². The van der Waals surface area contributed by atoms with Crippen LogP contribution in [0.1, 0.15) is 40.4 Å². The Morgan fingerprint density at radius 2 is 1.68 bits per heavy atom. The van der Waals surface area contributed by atoms with E-state index in [1.807, 2.05) is 18.2 Å². The molecule has 1 aliphatic heterocycles. The summed E-state index contributed by atoms with van der Waals surface area (Å²) in [6, 6.07) is 17.4. The molecule has 1 amide bonds. The Bertz CT molecular complexity index is 768. The molecule has 1 fully saturated rings. The highest BCUT2D eigenvalue weighted by Crippen LogP contribution is 2.14. The number of amides is 1. The van der Waals surface area contributed by atoms with Crippen LogP contribution < -0.4 is 10.2 Å². The zero-order chi connectivity index (χ0) is 19.8. The summed E-state index contributed by atoms with van der Waals surface area (Å²) in [5.41, 5.74) is 2.96. The van der Waals surface area contributed by atoms with Gasteiger partial charge in [-0.05, 0) is 12.5 Å². The molecule has 5 heteroatoms. The number of benzene rings is 2. The number of ether oxygens (including phenoxy) is 1. The molecule has 2 aromatic carbocycles. The van der Waals surface area contributed by atoms with E-state index >= 15 is 0 Å². The van der Waals surface area contributed by atoms with Gasteiger partial charge in [0.05, 0.1) is 13.2 Å². The van der Waals surface area contributed by atoms with Crippen LogP contribution in [0.3, 0.4) is 0 Å². The lowest BCUT2D eigenvalue weighted by atomic mass is 10.0. The molecule has 28 heavy (non-hydrogen) atoms. The normalized spacial score (nSPS) is 15.8. The minimum absolute atomic E-state index is 0.00133. The Labute approximate surface area is 166 Å². The standard InChI is InChI=1S/C23H28N2O3/c1-18-7-9-19(10-8-18)21(17-25-13-15-28-16-14-25)24-23(27)12-11-22(26)20-5-3-2-4-6-20/h2-10,21H,11-17H2,1H3,(H,24,27)/p+1/t21-/m0/s1. The lowest BCUT2D eigenvalue weighted by Crippen LogP contribution is -3.14. The molecule has 0 spiro atoms. The van der Waals surface area contributed by atoms with Gasteiger partial charge >= 0.3 is 0 Å². The quantitative estimate of drug-likeness (QED) is 0.685. The van der Waals surface area contributed by atoms with Crippen LogP contribution in [-0.2, 0) is 9.53 Å². The minimum atomic E-state index is -0.0810. The Kier molecular flexibility index (Phi) is 7.34. The second-order valence-electron chi connectivity index (χ2n) is 7.39. The van der Waals surface area contributed by atoms with Crippen LogP contribution in [0.25, 0.3) is 0 Å². The fraction of sp³-hybridized carbons (Fsp3) is 0.391. The highest BCUT2D eigenvalue weighted by atomic mass is 16.5. The van der Waals surface area contributed by atoms with Crippen LogP contribution in [0.15, 0.2) is 54.6 Å². The molecule has 2 N–H and O–H groups in total. The van der Waals surface area contributed by atoms with Crippen LogP contribution >= 0.6 is 0 Å². The average Bonchev–Trinajstić information content (AvgIpc) is 2.73. The first-order valence-corrected chi connectivity index (χ1v) is 9.97. The first-order valence-electron chi connectivity index (χ1n) is 9.97. The number of quaternary nitrogens is 1. The molecule has 0 saturated carbocycles. The highest BCUT2D eigenvalue weighted by molar-refractivity contribution is 5.97. The largest absolute Gasteiger partial charge is 0.370 e. The third-order valence-electron chi connectivity index (χ3n) is 5.18. The first kappa shape index (κ1) is 20.2.